The normalized spacial score (nSPS) is 22.9. The minimum Gasteiger partial charge on any atom is -0.454 e. The minimum absolute atomic E-state index is 0.136. The molecule has 1 N–H and O–H groups in total. The third-order valence-electron chi connectivity index (χ3n) is 3.86. The number of hydrogen-bond acceptors (Lipinski definition) is 4. The molecule has 2 aliphatic heterocycles. The number of fused-ring (bicyclic) bond motifs is 2. The Balaban J connectivity index is 1.73. The monoisotopic (exact) mass is 286 g/mol. The van der Waals surface area contributed by atoms with Crippen molar-refractivity contribution in [2.45, 2.75) is 16.1 Å². The highest BCUT2D eigenvalue weighted by Gasteiger charge is 2.34. The number of rotatable bonds is 2. The third kappa shape index (κ3) is 1.79. The number of benzene rings is 2. The van der Waals surface area contributed by atoms with Crippen LogP contribution in [0.15, 0.2) is 47.4 Å². The molecule has 4 heteroatoms. The molecule has 2 aromatic rings. The first-order valence-electron chi connectivity index (χ1n) is 6.63. The predicted molar refractivity (Wildman–Crippen MR) is 77.4 cm³/mol. The van der Waals surface area contributed by atoms with E-state index in [0.717, 1.165) is 11.5 Å². The second-order valence-electron chi connectivity index (χ2n) is 4.98. The molecule has 0 aliphatic carbocycles. The Labute approximate surface area is 121 Å². The fraction of sp³-hybridized carbons (Fsp3) is 0.250. The lowest BCUT2D eigenvalue weighted by Crippen LogP contribution is -2.07. The van der Waals surface area contributed by atoms with Gasteiger partial charge in [-0.25, -0.2) is 0 Å². The minimum atomic E-state index is 0.136. The van der Waals surface area contributed by atoms with E-state index in [4.69, 9.17) is 9.47 Å². The van der Waals surface area contributed by atoms with Crippen LogP contribution in [0.5, 0.6) is 11.5 Å². The lowest BCUT2D eigenvalue weighted by molar-refractivity contribution is 0.174. The summed E-state index contributed by atoms with van der Waals surface area (Å²) in [7, 11) is 0. The number of aliphatic hydroxyl groups is 1. The van der Waals surface area contributed by atoms with Crippen LogP contribution in [-0.4, -0.2) is 18.5 Å². The van der Waals surface area contributed by atoms with Gasteiger partial charge in [0.1, 0.15) is 0 Å². The highest BCUT2D eigenvalue weighted by atomic mass is 32.2. The molecule has 0 radical (unpaired) electrons. The molecule has 0 fully saturated rings. The van der Waals surface area contributed by atoms with Gasteiger partial charge in [0.05, 0.1) is 6.61 Å². The van der Waals surface area contributed by atoms with Gasteiger partial charge in [-0.05, 0) is 29.3 Å². The Bertz CT molecular complexity index is 656. The maximum atomic E-state index is 9.77. The molecule has 0 saturated heterocycles. The van der Waals surface area contributed by atoms with Crippen molar-refractivity contribution in [1.82, 2.24) is 0 Å². The van der Waals surface area contributed by atoms with E-state index in [1.54, 1.807) is 0 Å². The second kappa shape index (κ2) is 4.72. The number of ether oxygens (including phenoxy) is 2. The zero-order valence-corrected chi connectivity index (χ0v) is 11.6. The molecule has 0 spiro atoms. The van der Waals surface area contributed by atoms with Crippen molar-refractivity contribution in [2.24, 2.45) is 0 Å². The van der Waals surface area contributed by atoms with Crippen molar-refractivity contribution < 1.29 is 14.6 Å². The molecular formula is C16H14O3S. The van der Waals surface area contributed by atoms with Crippen LogP contribution < -0.4 is 9.47 Å². The van der Waals surface area contributed by atoms with Gasteiger partial charge in [0.25, 0.3) is 0 Å². The van der Waals surface area contributed by atoms with Crippen molar-refractivity contribution >= 4 is 11.8 Å². The van der Waals surface area contributed by atoms with Crippen molar-refractivity contribution in [3.63, 3.8) is 0 Å². The SMILES string of the molecule is OCC1c2ccccc2SC1c1ccc2c(c1)OCO2. The van der Waals surface area contributed by atoms with Crippen molar-refractivity contribution in [2.75, 3.05) is 13.4 Å². The number of aliphatic hydroxyl groups excluding tert-OH is 1. The van der Waals surface area contributed by atoms with Gasteiger partial charge >= 0.3 is 0 Å². The van der Waals surface area contributed by atoms with Crippen molar-refractivity contribution in [1.29, 1.82) is 0 Å². The molecule has 4 rings (SSSR count). The van der Waals surface area contributed by atoms with Crippen LogP contribution in [0.4, 0.5) is 0 Å². The van der Waals surface area contributed by atoms with Crippen LogP contribution in [0.25, 0.3) is 0 Å². The second-order valence-corrected chi connectivity index (χ2v) is 6.16. The van der Waals surface area contributed by atoms with E-state index in [9.17, 15) is 5.11 Å². The first-order valence-corrected chi connectivity index (χ1v) is 7.51. The molecular weight excluding hydrogens is 272 g/mol. The molecule has 3 nitrogen and oxygen atoms in total. The van der Waals surface area contributed by atoms with Crippen LogP contribution in [-0.2, 0) is 0 Å². The lowest BCUT2D eigenvalue weighted by Gasteiger charge is -2.18. The summed E-state index contributed by atoms with van der Waals surface area (Å²) in [6.07, 6.45) is 0. The van der Waals surface area contributed by atoms with Crippen LogP contribution in [0.2, 0.25) is 0 Å². The highest BCUT2D eigenvalue weighted by molar-refractivity contribution is 8.00. The summed E-state index contributed by atoms with van der Waals surface area (Å²) in [5, 5.41) is 10.00. The Morgan fingerprint density at radius 2 is 1.95 bits per heavy atom. The van der Waals surface area contributed by atoms with E-state index in [0.29, 0.717) is 6.79 Å². The summed E-state index contributed by atoms with van der Waals surface area (Å²) in [6.45, 7) is 0.448. The zero-order valence-electron chi connectivity index (χ0n) is 10.8. The molecule has 2 unspecified atom stereocenters. The Kier molecular flexibility index (Phi) is 2.86. The van der Waals surface area contributed by atoms with Gasteiger partial charge in [0, 0.05) is 16.1 Å². The summed E-state index contributed by atoms with van der Waals surface area (Å²) in [6, 6.07) is 14.4. The third-order valence-corrected chi connectivity index (χ3v) is 5.34. The Morgan fingerprint density at radius 3 is 2.85 bits per heavy atom. The van der Waals surface area contributed by atoms with E-state index >= 15 is 0 Å². The van der Waals surface area contributed by atoms with Gasteiger partial charge in [0.15, 0.2) is 11.5 Å². The standard InChI is InChI=1S/C16H14O3S/c17-8-12-11-3-1-2-4-15(11)20-16(12)10-5-6-13-14(7-10)19-9-18-13/h1-7,12,16-17H,8-9H2. The zero-order chi connectivity index (χ0) is 13.5. The average molecular weight is 286 g/mol. The van der Waals surface area contributed by atoms with Crippen molar-refractivity contribution in [3.8, 4) is 11.5 Å². The van der Waals surface area contributed by atoms with Crippen LogP contribution in [0.3, 0.4) is 0 Å². The van der Waals surface area contributed by atoms with Gasteiger partial charge < -0.3 is 14.6 Å². The van der Waals surface area contributed by atoms with Gasteiger partial charge in [-0.1, -0.05) is 24.3 Å². The summed E-state index contributed by atoms with van der Waals surface area (Å²) < 4.78 is 10.8. The summed E-state index contributed by atoms with van der Waals surface area (Å²) in [5.74, 6) is 1.74. The molecule has 2 atom stereocenters. The quantitative estimate of drug-likeness (QED) is 0.919. The van der Waals surface area contributed by atoms with Crippen molar-refractivity contribution in [3.05, 3.63) is 53.6 Å². The summed E-state index contributed by atoms with van der Waals surface area (Å²) >= 11 is 1.81. The van der Waals surface area contributed by atoms with E-state index in [1.807, 2.05) is 36.0 Å². The summed E-state index contributed by atoms with van der Waals surface area (Å²) in [4.78, 5) is 1.26. The van der Waals surface area contributed by atoms with Crippen LogP contribution in [0.1, 0.15) is 22.3 Å². The van der Waals surface area contributed by atoms with Crippen LogP contribution >= 0.6 is 11.8 Å². The molecule has 0 aromatic heterocycles. The van der Waals surface area contributed by atoms with E-state index in [2.05, 4.69) is 18.2 Å². The molecule has 0 bridgehead atoms. The molecule has 0 amide bonds. The maximum Gasteiger partial charge on any atom is 0.231 e. The first kappa shape index (κ1) is 12.1. The summed E-state index contributed by atoms with van der Waals surface area (Å²) in [5.41, 5.74) is 2.41. The fourth-order valence-corrected chi connectivity index (χ4v) is 4.33. The molecule has 2 heterocycles. The van der Waals surface area contributed by atoms with E-state index < -0.39 is 0 Å². The van der Waals surface area contributed by atoms with Crippen LogP contribution in [0, 0.1) is 0 Å². The maximum absolute atomic E-state index is 9.77. The van der Waals surface area contributed by atoms with E-state index in [1.165, 1.54) is 16.0 Å². The van der Waals surface area contributed by atoms with E-state index in [-0.39, 0.29) is 17.8 Å². The smallest absolute Gasteiger partial charge is 0.231 e. The predicted octanol–water partition coefficient (Wildman–Crippen LogP) is 3.34. The topological polar surface area (TPSA) is 38.7 Å². The van der Waals surface area contributed by atoms with Gasteiger partial charge in [-0.2, -0.15) is 0 Å². The Morgan fingerprint density at radius 1 is 1.10 bits per heavy atom. The molecule has 20 heavy (non-hydrogen) atoms. The number of hydrogen-bond donors (Lipinski definition) is 1. The van der Waals surface area contributed by atoms with Gasteiger partial charge in [-0.3, -0.25) is 0 Å². The molecule has 0 saturated carbocycles. The molecule has 2 aromatic carbocycles. The average Bonchev–Trinajstić information content (AvgIpc) is 3.10. The lowest BCUT2D eigenvalue weighted by atomic mass is 9.92. The molecule has 102 valence electrons. The molecule has 2 aliphatic rings. The first-order chi connectivity index (χ1) is 9.86. The fourth-order valence-electron chi connectivity index (χ4n) is 2.86. The largest absolute Gasteiger partial charge is 0.454 e. The number of thioether (sulfide) groups is 1. The highest BCUT2D eigenvalue weighted by Crippen LogP contribution is 2.54. The Hall–Kier alpha value is -1.65. The van der Waals surface area contributed by atoms with Gasteiger partial charge in [-0.15, -0.1) is 11.8 Å². The van der Waals surface area contributed by atoms with Gasteiger partial charge in [0.2, 0.25) is 6.79 Å².